The lowest BCUT2D eigenvalue weighted by Crippen LogP contribution is -2.06. The number of epoxide rings is 2. The van der Waals surface area contributed by atoms with Crippen LogP contribution in [0.15, 0.2) is 321 Å². The van der Waals surface area contributed by atoms with Crippen molar-refractivity contribution in [3.05, 3.63) is 371 Å². The number of benzene rings is 12. The molecule has 3 unspecified atom stereocenters. The molecule has 14 rings (SSSR count). The molecule has 0 amide bonds. The van der Waals surface area contributed by atoms with Crippen LogP contribution in [0.1, 0.15) is 87.6 Å². The van der Waals surface area contributed by atoms with E-state index in [1.54, 1.807) is 30.5 Å². The van der Waals surface area contributed by atoms with Crippen LogP contribution in [0, 0.1) is 0 Å². The zero-order valence-corrected chi connectivity index (χ0v) is 53.8. The number of aliphatic hydroxyl groups excluding tert-OH is 1. The fourth-order valence-corrected chi connectivity index (χ4v) is 11.7. The Labute approximate surface area is 563 Å². The Bertz CT molecular complexity index is 4260. The van der Waals surface area contributed by atoms with Gasteiger partial charge in [-0.25, -0.2) is 0 Å². The molecule has 0 bridgehead atoms. The zero-order valence-electron chi connectivity index (χ0n) is 53.8. The number of aromatic hydroxyl groups is 2. The molecule has 9 heteroatoms. The van der Waals surface area contributed by atoms with Gasteiger partial charge in [0.05, 0.1) is 19.8 Å². The summed E-state index contributed by atoms with van der Waals surface area (Å²) in [7, 11) is 0. The number of phenolic OH excluding ortho intramolecular Hbond substituents is 2. The number of phenols is 2. The molecule has 0 spiro atoms. The van der Waals surface area contributed by atoms with Crippen LogP contribution in [0.2, 0.25) is 0 Å². The molecule has 0 radical (unpaired) electrons. The highest BCUT2D eigenvalue weighted by Crippen LogP contribution is 2.39. The summed E-state index contributed by atoms with van der Waals surface area (Å²) in [5.41, 5.74) is 17.8. The van der Waals surface area contributed by atoms with Gasteiger partial charge >= 0.3 is 0 Å². The molecule has 2 aliphatic heterocycles. The highest BCUT2D eigenvalue weighted by molar-refractivity contribution is 5.67. The number of hydrogen-bond acceptors (Lipinski definition) is 9. The van der Waals surface area contributed by atoms with Crippen LogP contribution in [0.25, 0.3) is 33.4 Å². The molecule has 2 aliphatic rings. The molecule has 12 aromatic carbocycles. The minimum Gasteiger partial charge on any atom is -0.508 e. The summed E-state index contributed by atoms with van der Waals surface area (Å²) in [5, 5.41) is 28.3. The van der Waals surface area contributed by atoms with Crippen molar-refractivity contribution in [2.45, 2.75) is 43.6 Å². The van der Waals surface area contributed by atoms with E-state index < -0.39 is 0 Å². The van der Waals surface area contributed by atoms with E-state index in [4.69, 9.17) is 33.5 Å². The summed E-state index contributed by atoms with van der Waals surface area (Å²) in [6.07, 6.45) is 4.11. The fraction of sp³-hybridized carbons (Fsp3) is 0.149. The topological polar surface area (TPSA) is 123 Å². The van der Waals surface area contributed by atoms with Crippen LogP contribution < -0.4 is 18.9 Å². The van der Waals surface area contributed by atoms with E-state index in [1.807, 2.05) is 72.8 Å². The Hall–Kier alpha value is -11.1. The average molecular weight is 1270 g/mol. The molecule has 9 nitrogen and oxygen atoms in total. The molecule has 0 aliphatic carbocycles. The molecule has 12 aromatic rings. The summed E-state index contributed by atoms with van der Waals surface area (Å²) in [6.45, 7) is 5.28. The second kappa shape index (κ2) is 32.6. The molecule has 2 fully saturated rings. The van der Waals surface area contributed by atoms with E-state index in [9.17, 15) is 10.2 Å². The van der Waals surface area contributed by atoms with Crippen LogP contribution in [0.5, 0.6) is 34.5 Å². The Morgan fingerprint density at radius 2 is 0.646 bits per heavy atom. The van der Waals surface area contributed by atoms with Gasteiger partial charge < -0.3 is 43.7 Å². The van der Waals surface area contributed by atoms with Gasteiger partial charge in [-0.15, -0.1) is 0 Å². The van der Waals surface area contributed by atoms with E-state index in [0.717, 1.165) is 77.1 Å². The van der Waals surface area contributed by atoms with Gasteiger partial charge in [0.25, 0.3) is 0 Å². The molecule has 0 saturated carbocycles. The molecule has 2 saturated heterocycles. The predicted octanol–water partition coefficient (Wildman–Crippen LogP) is 19.6. The lowest BCUT2D eigenvalue weighted by Gasteiger charge is -2.20. The van der Waals surface area contributed by atoms with Gasteiger partial charge in [-0.2, -0.15) is 0 Å². The van der Waals surface area contributed by atoms with Gasteiger partial charge in [0.1, 0.15) is 66.7 Å². The third-order valence-corrected chi connectivity index (χ3v) is 17.0. The largest absolute Gasteiger partial charge is 0.508 e. The first-order valence-corrected chi connectivity index (χ1v) is 32.8. The highest BCUT2D eigenvalue weighted by Gasteiger charge is 2.24. The van der Waals surface area contributed by atoms with Crippen LogP contribution >= 0.6 is 0 Å². The maximum absolute atomic E-state index is 9.65. The van der Waals surface area contributed by atoms with Crippen LogP contribution in [0.4, 0.5) is 0 Å². The van der Waals surface area contributed by atoms with Crippen molar-refractivity contribution in [3.63, 3.8) is 0 Å². The maximum atomic E-state index is 9.65. The molecule has 0 aromatic heterocycles. The average Bonchev–Trinajstić information content (AvgIpc) is 1.33. The zero-order chi connectivity index (χ0) is 65.7. The van der Waals surface area contributed by atoms with E-state index >= 15 is 0 Å². The first kappa shape index (κ1) is 65.0. The molecule has 96 heavy (non-hydrogen) atoms. The smallest absolute Gasteiger partial charge is 0.169 e. The quantitative estimate of drug-likeness (QED) is 0.0235. The lowest BCUT2D eigenvalue weighted by molar-refractivity contribution is 0.201. The van der Waals surface area contributed by atoms with Crippen molar-refractivity contribution >= 4 is 0 Å². The van der Waals surface area contributed by atoms with E-state index in [1.165, 1.54) is 61.2 Å². The predicted molar refractivity (Wildman–Crippen MR) is 383 cm³/mol. The summed E-state index contributed by atoms with van der Waals surface area (Å²) in [4.78, 5) is 0. The van der Waals surface area contributed by atoms with Crippen molar-refractivity contribution in [2.75, 3.05) is 39.6 Å². The number of hydrogen-bond donors (Lipinski definition) is 3. The molecule has 2 heterocycles. The van der Waals surface area contributed by atoms with Crippen molar-refractivity contribution in [1.82, 2.24) is 0 Å². The number of rotatable bonds is 24. The standard InChI is InChI=1S/C32H32O3.C30H26O4.C25H20O2/c1-2-3-21-33-29-17-13-27(14-18-29)32(28-15-19-30(20-16-28)34-22-31-23-35-31)26-11-9-25(10-12-26)24-7-5-4-6-8-24;31-18-19-32-27-14-10-25(11-15-27)30(26-12-16-28(17-13-26)33-20-29-21-34-29)24-8-6-23(7-9-24)22-4-2-1-3-5-22;26-23-14-10-21(11-15-23)25(22-12-16-24(27)17-13-22)20-8-6-19(7-9-20)18-4-2-1-3-5-18/h4-20,31-32H,2-3,21-23H2,1H3;1-17,20,30-31H,18-19,21H2;1-17,25-27H/b;29-20-;. The highest BCUT2D eigenvalue weighted by atomic mass is 16.6. The van der Waals surface area contributed by atoms with E-state index in [0.29, 0.717) is 13.2 Å². The Kier molecular flexibility index (Phi) is 22.1. The Morgan fingerprint density at radius 1 is 0.365 bits per heavy atom. The third-order valence-electron chi connectivity index (χ3n) is 17.0. The molecule has 3 atom stereocenters. The van der Waals surface area contributed by atoms with Gasteiger partial charge in [-0.05, 0) is 163 Å². The number of aliphatic hydroxyl groups is 1. The molecular formula is C87H78O9. The van der Waals surface area contributed by atoms with E-state index in [2.05, 4.69) is 219 Å². The van der Waals surface area contributed by atoms with E-state index in [-0.39, 0.29) is 48.6 Å². The third kappa shape index (κ3) is 18.0. The first-order chi connectivity index (χ1) is 47.3. The summed E-state index contributed by atoms with van der Waals surface area (Å²) in [6, 6.07) is 105. The normalized spacial score (nSPS) is 13.7. The van der Waals surface area contributed by atoms with Crippen molar-refractivity contribution in [1.29, 1.82) is 0 Å². The van der Waals surface area contributed by atoms with Gasteiger partial charge in [0.15, 0.2) is 5.76 Å². The fourth-order valence-electron chi connectivity index (χ4n) is 11.7. The molecule has 480 valence electrons. The van der Waals surface area contributed by atoms with Gasteiger partial charge in [0, 0.05) is 17.8 Å². The van der Waals surface area contributed by atoms with Crippen molar-refractivity contribution in [3.8, 4) is 67.9 Å². The number of unbranched alkanes of at least 4 members (excludes halogenated alkanes) is 1. The second-order valence-electron chi connectivity index (χ2n) is 23.8. The summed E-state index contributed by atoms with van der Waals surface area (Å²) >= 11 is 0. The summed E-state index contributed by atoms with van der Waals surface area (Å²) < 4.78 is 33.3. The first-order valence-electron chi connectivity index (χ1n) is 32.8. The minimum atomic E-state index is -0.00460. The lowest BCUT2D eigenvalue weighted by atomic mass is 9.84. The summed E-state index contributed by atoms with van der Waals surface area (Å²) in [5.74, 6) is 4.88. The number of ether oxygens (including phenoxy) is 6. The second-order valence-corrected chi connectivity index (χ2v) is 23.8. The molecular weight excluding hydrogens is 1190 g/mol. The minimum absolute atomic E-state index is 0.00460. The van der Waals surface area contributed by atoms with Crippen molar-refractivity contribution in [2.24, 2.45) is 0 Å². The SMILES string of the molecule is CCCCOc1ccc(C(c2ccc(OCC3CO3)cc2)c2ccc(-c3ccccc3)cc2)cc1.OCCOc1ccc(C(c2ccc(O/C=C3/CO3)cc2)c2ccc(-c3ccccc3)cc2)cc1.Oc1ccc(C(c2ccc(O)cc2)c2ccc(-c3ccccc3)cc2)cc1. The monoisotopic (exact) mass is 1270 g/mol. The van der Waals surface area contributed by atoms with Crippen LogP contribution in [-0.2, 0) is 9.47 Å². The van der Waals surface area contributed by atoms with Crippen LogP contribution in [-0.4, -0.2) is 61.1 Å². The van der Waals surface area contributed by atoms with Gasteiger partial charge in [-0.1, -0.05) is 250 Å². The Morgan fingerprint density at radius 3 is 0.948 bits per heavy atom. The molecule has 3 N–H and O–H groups in total. The van der Waals surface area contributed by atoms with Gasteiger partial charge in [0.2, 0.25) is 0 Å². The van der Waals surface area contributed by atoms with Gasteiger partial charge in [-0.3, -0.25) is 0 Å². The Balaban J connectivity index is 0.000000139. The van der Waals surface area contributed by atoms with Crippen molar-refractivity contribution < 1.29 is 43.7 Å². The van der Waals surface area contributed by atoms with Crippen LogP contribution in [0.3, 0.4) is 0 Å². The maximum Gasteiger partial charge on any atom is 0.169 e.